The van der Waals surface area contributed by atoms with Crippen molar-refractivity contribution in [1.82, 2.24) is 0 Å². The van der Waals surface area contributed by atoms with Crippen LogP contribution in [0.2, 0.25) is 0 Å². The number of benzene rings is 3. The molecule has 0 amide bonds. The average Bonchev–Trinajstić information content (AvgIpc) is 3.11. The van der Waals surface area contributed by atoms with Gasteiger partial charge >= 0.3 is 0 Å². The molecule has 0 radical (unpaired) electrons. The standard InChI is InChI=1S/C23H21FO4S/c1-15-7-9-20(10-8-15)29(25,26)27-14-19-12-18-11-17(13-22(24)23(18)28-19)21-6-4-3-5-16(21)2/h3-11,13,19H,12,14H2,1-2H3. The average molecular weight is 412 g/mol. The van der Waals surface area contributed by atoms with Gasteiger partial charge in [-0.15, -0.1) is 0 Å². The van der Waals surface area contributed by atoms with E-state index in [0.29, 0.717) is 12.0 Å². The molecule has 0 spiro atoms. The third-order valence-corrected chi connectivity index (χ3v) is 6.32. The molecule has 4 nitrogen and oxygen atoms in total. The Hall–Kier alpha value is -2.70. The molecule has 0 fully saturated rings. The first-order valence-electron chi connectivity index (χ1n) is 9.35. The zero-order chi connectivity index (χ0) is 20.6. The quantitative estimate of drug-likeness (QED) is 0.564. The Labute approximate surface area is 170 Å². The van der Waals surface area contributed by atoms with Crippen molar-refractivity contribution in [3.05, 3.63) is 83.2 Å². The minimum atomic E-state index is -3.89. The number of hydrogen-bond donors (Lipinski definition) is 0. The summed E-state index contributed by atoms with van der Waals surface area (Å²) in [5, 5.41) is 0. The first-order chi connectivity index (χ1) is 13.8. The third kappa shape index (κ3) is 4.04. The second-order valence-corrected chi connectivity index (χ2v) is 8.87. The molecule has 4 rings (SSSR count). The lowest BCUT2D eigenvalue weighted by Crippen LogP contribution is -2.23. The van der Waals surface area contributed by atoms with Crippen molar-refractivity contribution in [2.75, 3.05) is 6.61 Å². The second-order valence-electron chi connectivity index (χ2n) is 7.26. The van der Waals surface area contributed by atoms with Crippen molar-refractivity contribution in [2.45, 2.75) is 31.3 Å². The molecule has 1 heterocycles. The first-order valence-corrected chi connectivity index (χ1v) is 10.8. The van der Waals surface area contributed by atoms with Crippen LogP contribution in [0, 0.1) is 19.7 Å². The summed E-state index contributed by atoms with van der Waals surface area (Å²) < 4.78 is 50.2. The minimum absolute atomic E-state index is 0.0895. The summed E-state index contributed by atoms with van der Waals surface area (Å²) in [6.07, 6.45) is -0.179. The van der Waals surface area contributed by atoms with Crippen LogP contribution in [0.1, 0.15) is 16.7 Å². The summed E-state index contributed by atoms with van der Waals surface area (Å²) in [6, 6.07) is 17.5. The summed E-state index contributed by atoms with van der Waals surface area (Å²) in [5.74, 6) is -0.284. The molecule has 6 heteroatoms. The van der Waals surface area contributed by atoms with Gasteiger partial charge in [-0.3, -0.25) is 4.18 Å². The van der Waals surface area contributed by atoms with E-state index < -0.39 is 22.0 Å². The van der Waals surface area contributed by atoms with E-state index in [4.69, 9.17) is 8.92 Å². The van der Waals surface area contributed by atoms with Crippen molar-refractivity contribution < 1.29 is 21.7 Å². The van der Waals surface area contributed by atoms with Crippen LogP contribution in [-0.4, -0.2) is 21.1 Å². The van der Waals surface area contributed by atoms with E-state index in [9.17, 15) is 12.8 Å². The lowest BCUT2D eigenvalue weighted by Gasteiger charge is -2.12. The van der Waals surface area contributed by atoms with Gasteiger partial charge in [-0.05, 0) is 54.8 Å². The van der Waals surface area contributed by atoms with E-state index in [2.05, 4.69) is 0 Å². The van der Waals surface area contributed by atoms with E-state index in [1.165, 1.54) is 18.2 Å². The van der Waals surface area contributed by atoms with Gasteiger partial charge < -0.3 is 4.74 Å². The van der Waals surface area contributed by atoms with E-state index in [1.807, 2.05) is 44.2 Å². The highest BCUT2D eigenvalue weighted by atomic mass is 32.2. The second kappa shape index (κ2) is 7.61. The van der Waals surface area contributed by atoms with Gasteiger partial charge in [0.15, 0.2) is 11.6 Å². The molecule has 1 aliphatic rings. The number of aryl methyl sites for hydroxylation is 2. The summed E-state index contributed by atoms with van der Waals surface area (Å²) in [4.78, 5) is 0.0895. The molecule has 0 saturated carbocycles. The predicted octanol–water partition coefficient (Wildman–Crippen LogP) is 4.82. The van der Waals surface area contributed by atoms with Crippen LogP contribution >= 0.6 is 0 Å². The number of rotatable bonds is 5. The SMILES string of the molecule is Cc1ccc(S(=O)(=O)OCC2Cc3cc(-c4ccccc4C)cc(F)c3O2)cc1. The zero-order valence-electron chi connectivity index (χ0n) is 16.2. The Morgan fingerprint density at radius 3 is 2.52 bits per heavy atom. The van der Waals surface area contributed by atoms with Crippen LogP contribution in [0.25, 0.3) is 11.1 Å². The third-order valence-electron chi connectivity index (χ3n) is 5.03. The van der Waals surface area contributed by atoms with Crippen LogP contribution in [0.5, 0.6) is 5.75 Å². The Bertz CT molecular complexity index is 1150. The minimum Gasteiger partial charge on any atom is -0.484 e. The van der Waals surface area contributed by atoms with Gasteiger partial charge in [0, 0.05) is 12.0 Å². The van der Waals surface area contributed by atoms with Crippen molar-refractivity contribution >= 4 is 10.1 Å². The smallest absolute Gasteiger partial charge is 0.297 e. The molecule has 0 aromatic heterocycles. The van der Waals surface area contributed by atoms with E-state index in [1.54, 1.807) is 12.1 Å². The lowest BCUT2D eigenvalue weighted by molar-refractivity contribution is 0.148. The van der Waals surface area contributed by atoms with Crippen molar-refractivity contribution in [2.24, 2.45) is 0 Å². The maximum Gasteiger partial charge on any atom is 0.297 e. The predicted molar refractivity (Wildman–Crippen MR) is 109 cm³/mol. The largest absolute Gasteiger partial charge is 0.484 e. The Morgan fingerprint density at radius 2 is 1.79 bits per heavy atom. The summed E-state index contributed by atoms with van der Waals surface area (Å²) in [7, 11) is -3.89. The zero-order valence-corrected chi connectivity index (χ0v) is 17.0. The van der Waals surface area contributed by atoms with Crippen LogP contribution in [0.3, 0.4) is 0 Å². The van der Waals surface area contributed by atoms with Crippen LogP contribution in [0.4, 0.5) is 4.39 Å². The molecule has 0 aliphatic carbocycles. The fourth-order valence-electron chi connectivity index (χ4n) is 3.47. The van der Waals surface area contributed by atoms with Gasteiger partial charge in [-0.2, -0.15) is 8.42 Å². The fourth-order valence-corrected chi connectivity index (χ4v) is 4.41. The number of ether oxygens (including phenoxy) is 1. The molecule has 1 unspecified atom stereocenters. The molecular weight excluding hydrogens is 391 g/mol. The number of fused-ring (bicyclic) bond motifs is 1. The van der Waals surface area contributed by atoms with Crippen LogP contribution < -0.4 is 4.74 Å². The van der Waals surface area contributed by atoms with Gasteiger partial charge in [-0.25, -0.2) is 4.39 Å². The Balaban J connectivity index is 1.50. The van der Waals surface area contributed by atoms with Crippen molar-refractivity contribution in [3.8, 4) is 16.9 Å². The van der Waals surface area contributed by atoms with Crippen molar-refractivity contribution in [1.29, 1.82) is 0 Å². The molecule has 0 N–H and O–H groups in total. The molecule has 150 valence electrons. The maximum absolute atomic E-state index is 14.6. The molecule has 3 aromatic carbocycles. The highest BCUT2D eigenvalue weighted by Gasteiger charge is 2.29. The normalized spacial score (nSPS) is 15.8. The van der Waals surface area contributed by atoms with Crippen LogP contribution in [-0.2, 0) is 20.7 Å². The monoisotopic (exact) mass is 412 g/mol. The van der Waals surface area contributed by atoms with Gasteiger partial charge in [-0.1, -0.05) is 42.0 Å². The molecule has 0 bridgehead atoms. The van der Waals surface area contributed by atoms with Crippen molar-refractivity contribution in [3.63, 3.8) is 0 Å². The molecule has 1 atom stereocenters. The Morgan fingerprint density at radius 1 is 1.07 bits per heavy atom. The molecule has 0 saturated heterocycles. The number of hydrogen-bond acceptors (Lipinski definition) is 4. The molecule has 29 heavy (non-hydrogen) atoms. The van der Waals surface area contributed by atoms with E-state index in [0.717, 1.165) is 22.3 Å². The van der Waals surface area contributed by atoms with Gasteiger partial charge in [0.2, 0.25) is 0 Å². The highest BCUT2D eigenvalue weighted by Crippen LogP contribution is 2.37. The topological polar surface area (TPSA) is 52.6 Å². The highest BCUT2D eigenvalue weighted by molar-refractivity contribution is 7.86. The van der Waals surface area contributed by atoms with Gasteiger partial charge in [0.25, 0.3) is 10.1 Å². The lowest BCUT2D eigenvalue weighted by atomic mass is 9.97. The fraction of sp³-hybridized carbons (Fsp3) is 0.217. The van der Waals surface area contributed by atoms with Gasteiger partial charge in [0.05, 0.1) is 4.90 Å². The first kappa shape index (κ1) is 19.6. The summed E-state index contributed by atoms with van der Waals surface area (Å²) in [6.45, 7) is 3.67. The molecule has 3 aromatic rings. The number of halogens is 1. The molecule has 1 aliphatic heterocycles. The van der Waals surface area contributed by atoms with E-state index in [-0.39, 0.29) is 17.3 Å². The van der Waals surface area contributed by atoms with Gasteiger partial charge in [0.1, 0.15) is 12.7 Å². The van der Waals surface area contributed by atoms with Crippen LogP contribution in [0.15, 0.2) is 65.6 Å². The Kier molecular flexibility index (Phi) is 5.15. The van der Waals surface area contributed by atoms with E-state index >= 15 is 0 Å². The summed E-state index contributed by atoms with van der Waals surface area (Å²) in [5.41, 5.74) is 4.45. The summed E-state index contributed by atoms with van der Waals surface area (Å²) >= 11 is 0. The molecular formula is C23H21FO4S. The maximum atomic E-state index is 14.6.